The molecule has 1 atom stereocenters. The van der Waals surface area contributed by atoms with E-state index in [1.807, 2.05) is 0 Å². The van der Waals surface area contributed by atoms with Gasteiger partial charge in [-0.25, -0.2) is 0 Å². The van der Waals surface area contributed by atoms with Crippen LogP contribution in [0.25, 0.3) is 0 Å². The molecule has 0 bridgehead atoms. The van der Waals surface area contributed by atoms with E-state index in [4.69, 9.17) is 4.74 Å². The summed E-state index contributed by atoms with van der Waals surface area (Å²) in [4.78, 5) is 11.8. The van der Waals surface area contributed by atoms with Crippen LogP contribution in [0, 0.1) is 11.3 Å². The highest BCUT2D eigenvalue weighted by atomic mass is 16.5. The largest absolute Gasteiger partial charge is 0.385 e. The summed E-state index contributed by atoms with van der Waals surface area (Å²) in [6, 6.07) is 0. The van der Waals surface area contributed by atoms with E-state index < -0.39 is 0 Å². The molecule has 0 spiro atoms. The Bertz CT molecular complexity index is 245. The molecule has 2 aliphatic rings. The maximum Gasteiger partial charge on any atom is 0.224 e. The summed E-state index contributed by atoms with van der Waals surface area (Å²) in [6.45, 7) is 3.47. The van der Waals surface area contributed by atoms with E-state index in [2.05, 4.69) is 10.6 Å². The summed E-state index contributed by atoms with van der Waals surface area (Å²) < 4.78 is 5.10. The number of rotatable bonds is 6. The van der Waals surface area contributed by atoms with Crippen LogP contribution in [0.15, 0.2) is 0 Å². The van der Waals surface area contributed by atoms with Crippen LogP contribution in [0.1, 0.15) is 25.7 Å². The molecule has 16 heavy (non-hydrogen) atoms. The van der Waals surface area contributed by atoms with E-state index in [0.29, 0.717) is 5.41 Å². The molecule has 2 rings (SSSR count). The Hall–Kier alpha value is -0.610. The monoisotopic (exact) mass is 226 g/mol. The number of nitrogens with one attached hydrogen (secondary N) is 2. The van der Waals surface area contributed by atoms with Crippen LogP contribution >= 0.6 is 0 Å². The number of hydrogen-bond donors (Lipinski definition) is 2. The number of hydrogen-bond acceptors (Lipinski definition) is 3. The summed E-state index contributed by atoms with van der Waals surface area (Å²) in [5, 5.41) is 6.32. The van der Waals surface area contributed by atoms with Gasteiger partial charge in [-0.2, -0.15) is 0 Å². The van der Waals surface area contributed by atoms with E-state index >= 15 is 0 Å². The molecule has 1 heterocycles. The number of ether oxygens (including phenoxy) is 1. The molecule has 1 aliphatic carbocycles. The van der Waals surface area contributed by atoms with Gasteiger partial charge in [0, 0.05) is 26.8 Å². The predicted molar refractivity (Wildman–Crippen MR) is 62.1 cm³/mol. The van der Waals surface area contributed by atoms with Crippen LogP contribution in [0.4, 0.5) is 0 Å². The van der Waals surface area contributed by atoms with Crippen LogP contribution in [-0.2, 0) is 9.53 Å². The topological polar surface area (TPSA) is 50.4 Å². The van der Waals surface area contributed by atoms with Gasteiger partial charge in [-0.3, -0.25) is 4.79 Å². The number of methoxy groups -OCH3 is 1. The molecular formula is C12H22N2O2. The van der Waals surface area contributed by atoms with E-state index in [1.54, 1.807) is 7.11 Å². The first-order chi connectivity index (χ1) is 7.76. The normalized spacial score (nSPS) is 26.7. The molecule has 0 aromatic heterocycles. The molecule has 4 heteroatoms. The van der Waals surface area contributed by atoms with Crippen molar-refractivity contribution in [2.24, 2.45) is 11.3 Å². The smallest absolute Gasteiger partial charge is 0.224 e. The van der Waals surface area contributed by atoms with Crippen LogP contribution in [0.5, 0.6) is 0 Å². The van der Waals surface area contributed by atoms with Gasteiger partial charge >= 0.3 is 0 Å². The fraction of sp³-hybridized carbons (Fsp3) is 0.917. The Kier molecular flexibility index (Phi) is 3.82. The van der Waals surface area contributed by atoms with Crippen LogP contribution in [0.2, 0.25) is 0 Å². The van der Waals surface area contributed by atoms with Gasteiger partial charge in [-0.05, 0) is 37.6 Å². The first-order valence-electron chi connectivity index (χ1n) is 6.23. The maximum atomic E-state index is 11.8. The molecule has 0 aromatic rings. The molecular weight excluding hydrogens is 204 g/mol. The van der Waals surface area contributed by atoms with Crippen LogP contribution < -0.4 is 10.6 Å². The number of carbonyl (C=O) groups is 1. The van der Waals surface area contributed by atoms with Crippen LogP contribution in [0.3, 0.4) is 0 Å². The Morgan fingerprint density at radius 1 is 1.56 bits per heavy atom. The van der Waals surface area contributed by atoms with Crippen molar-refractivity contribution in [3.63, 3.8) is 0 Å². The highest BCUT2D eigenvalue weighted by Crippen LogP contribution is 2.48. The van der Waals surface area contributed by atoms with Gasteiger partial charge in [-0.15, -0.1) is 0 Å². The minimum atomic E-state index is 0.193. The Balaban J connectivity index is 1.68. The second kappa shape index (κ2) is 5.15. The third-order valence-corrected chi connectivity index (χ3v) is 3.86. The standard InChI is InChI=1S/C12H22N2O2/c1-16-7-5-12(3-4-12)9-14-11(15)10-2-6-13-8-10/h10,13H,2-9H2,1H3,(H,14,15). The summed E-state index contributed by atoms with van der Waals surface area (Å²) in [7, 11) is 1.73. The maximum absolute atomic E-state index is 11.8. The van der Waals surface area contributed by atoms with Gasteiger partial charge in [0.05, 0.1) is 5.92 Å². The zero-order valence-corrected chi connectivity index (χ0v) is 10.1. The van der Waals surface area contributed by atoms with Gasteiger partial charge in [0.2, 0.25) is 5.91 Å². The van der Waals surface area contributed by atoms with Gasteiger partial charge in [-0.1, -0.05) is 0 Å². The number of carbonyl (C=O) groups excluding carboxylic acids is 1. The average Bonchev–Trinajstić information content (AvgIpc) is 2.85. The minimum Gasteiger partial charge on any atom is -0.385 e. The molecule has 92 valence electrons. The van der Waals surface area contributed by atoms with Gasteiger partial charge in [0.15, 0.2) is 0 Å². The average molecular weight is 226 g/mol. The molecule has 1 unspecified atom stereocenters. The summed E-state index contributed by atoms with van der Waals surface area (Å²) in [5.74, 6) is 0.423. The zero-order valence-electron chi connectivity index (χ0n) is 10.1. The second-order valence-corrected chi connectivity index (χ2v) is 5.15. The van der Waals surface area contributed by atoms with Crippen molar-refractivity contribution in [2.45, 2.75) is 25.7 Å². The van der Waals surface area contributed by atoms with E-state index in [1.165, 1.54) is 12.8 Å². The lowest BCUT2D eigenvalue weighted by Crippen LogP contribution is -2.36. The van der Waals surface area contributed by atoms with Crippen molar-refractivity contribution < 1.29 is 9.53 Å². The predicted octanol–water partition coefficient (Wildman–Crippen LogP) is 0.529. The fourth-order valence-electron chi connectivity index (χ4n) is 2.31. The first-order valence-corrected chi connectivity index (χ1v) is 6.23. The Morgan fingerprint density at radius 2 is 2.38 bits per heavy atom. The van der Waals surface area contributed by atoms with Gasteiger partial charge in [0.1, 0.15) is 0 Å². The second-order valence-electron chi connectivity index (χ2n) is 5.15. The van der Waals surface area contributed by atoms with Crippen molar-refractivity contribution in [1.29, 1.82) is 0 Å². The van der Waals surface area contributed by atoms with E-state index in [0.717, 1.165) is 39.1 Å². The molecule has 1 saturated heterocycles. The molecule has 0 aromatic carbocycles. The fourth-order valence-corrected chi connectivity index (χ4v) is 2.31. The highest BCUT2D eigenvalue weighted by molar-refractivity contribution is 5.79. The zero-order chi connectivity index (χ0) is 11.4. The summed E-state index contributed by atoms with van der Waals surface area (Å²) >= 11 is 0. The van der Waals surface area contributed by atoms with Crippen LogP contribution in [-0.4, -0.2) is 39.3 Å². The van der Waals surface area contributed by atoms with Crippen molar-refractivity contribution in [3.8, 4) is 0 Å². The van der Waals surface area contributed by atoms with Crippen molar-refractivity contribution in [2.75, 3.05) is 33.4 Å². The summed E-state index contributed by atoms with van der Waals surface area (Å²) in [5.41, 5.74) is 0.359. The summed E-state index contributed by atoms with van der Waals surface area (Å²) in [6.07, 6.45) is 4.53. The lowest BCUT2D eigenvalue weighted by Gasteiger charge is -2.17. The third-order valence-electron chi connectivity index (χ3n) is 3.86. The van der Waals surface area contributed by atoms with Gasteiger partial charge in [0.25, 0.3) is 0 Å². The molecule has 1 saturated carbocycles. The Morgan fingerprint density at radius 3 is 2.94 bits per heavy atom. The lowest BCUT2D eigenvalue weighted by molar-refractivity contribution is -0.124. The number of amides is 1. The lowest BCUT2D eigenvalue weighted by atomic mass is 10.0. The molecule has 4 nitrogen and oxygen atoms in total. The third kappa shape index (κ3) is 2.95. The molecule has 1 amide bonds. The Labute approximate surface area is 97.1 Å². The first kappa shape index (κ1) is 11.9. The van der Waals surface area contributed by atoms with E-state index in [-0.39, 0.29) is 11.8 Å². The van der Waals surface area contributed by atoms with Crippen molar-refractivity contribution >= 4 is 5.91 Å². The molecule has 1 aliphatic heterocycles. The van der Waals surface area contributed by atoms with Gasteiger partial charge < -0.3 is 15.4 Å². The quantitative estimate of drug-likeness (QED) is 0.694. The molecule has 2 N–H and O–H groups in total. The van der Waals surface area contributed by atoms with E-state index in [9.17, 15) is 4.79 Å². The van der Waals surface area contributed by atoms with Crippen molar-refractivity contribution in [1.82, 2.24) is 10.6 Å². The minimum absolute atomic E-state index is 0.193. The SMILES string of the molecule is COCCC1(CNC(=O)C2CCNC2)CC1. The molecule has 2 fully saturated rings. The van der Waals surface area contributed by atoms with Crippen molar-refractivity contribution in [3.05, 3.63) is 0 Å². The molecule has 0 radical (unpaired) electrons. The highest BCUT2D eigenvalue weighted by Gasteiger charge is 2.42.